The molecule has 0 spiro atoms. The van der Waals surface area contributed by atoms with Gasteiger partial charge in [-0.2, -0.15) is 0 Å². The maximum absolute atomic E-state index is 4.17. The van der Waals surface area contributed by atoms with Crippen LogP contribution in [0, 0.1) is 0 Å². The third-order valence-electron chi connectivity index (χ3n) is 3.12. The number of hydrogen-bond acceptors (Lipinski definition) is 4. The molecule has 0 fully saturated rings. The minimum absolute atomic E-state index is 0.696. The lowest BCUT2D eigenvalue weighted by Gasteiger charge is -2.11. The van der Waals surface area contributed by atoms with Crippen molar-refractivity contribution in [2.24, 2.45) is 7.05 Å². The van der Waals surface area contributed by atoms with Crippen molar-refractivity contribution < 1.29 is 0 Å². The third-order valence-corrected chi connectivity index (χ3v) is 3.56. The van der Waals surface area contributed by atoms with Crippen LogP contribution in [-0.2, 0) is 13.6 Å². The molecule has 0 radical (unpaired) electrons. The first-order valence-electron chi connectivity index (χ1n) is 6.51. The molecule has 106 valence electrons. The van der Waals surface area contributed by atoms with Gasteiger partial charge in [-0.3, -0.25) is 4.98 Å². The molecule has 2 heterocycles. The summed E-state index contributed by atoms with van der Waals surface area (Å²) >= 11 is 3.43. The predicted molar refractivity (Wildman–Crippen MR) is 85.7 cm³/mol. The quantitative estimate of drug-likeness (QED) is 0.789. The molecule has 0 unspecified atom stereocenters. The Morgan fingerprint density at radius 3 is 2.86 bits per heavy atom. The van der Waals surface area contributed by atoms with Gasteiger partial charge in [0.25, 0.3) is 0 Å². The van der Waals surface area contributed by atoms with Gasteiger partial charge in [-0.1, -0.05) is 12.1 Å². The summed E-state index contributed by atoms with van der Waals surface area (Å²) < 4.78 is 2.88. The van der Waals surface area contributed by atoms with E-state index in [1.54, 1.807) is 12.5 Å². The predicted octanol–water partition coefficient (Wildman–Crippen LogP) is 3.25. The summed E-state index contributed by atoms with van der Waals surface area (Å²) in [5.74, 6) is 0.838. The summed E-state index contributed by atoms with van der Waals surface area (Å²) in [5.41, 5.74) is 3.16. The van der Waals surface area contributed by atoms with Crippen molar-refractivity contribution in [3.8, 4) is 11.4 Å². The topological polar surface area (TPSA) is 55.6 Å². The molecule has 3 rings (SSSR count). The van der Waals surface area contributed by atoms with E-state index in [1.165, 1.54) is 0 Å². The Morgan fingerprint density at radius 1 is 1.24 bits per heavy atom. The van der Waals surface area contributed by atoms with Gasteiger partial charge in [-0.05, 0) is 39.7 Å². The molecule has 0 aliphatic heterocycles. The minimum atomic E-state index is 0.696. The molecule has 6 heteroatoms. The molecule has 21 heavy (non-hydrogen) atoms. The molecule has 1 N–H and O–H groups in total. The number of pyridine rings is 1. The van der Waals surface area contributed by atoms with E-state index in [0.717, 1.165) is 27.1 Å². The Bertz CT molecular complexity index is 753. The first-order chi connectivity index (χ1) is 10.2. The van der Waals surface area contributed by atoms with Crippen molar-refractivity contribution in [1.29, 1.82) is 0 Å². The summed E-state index contributed by atoms with van der Waals surface area (Å²) in [5, 5.41) is 11.5. The highest BCUT2D eigenvalue weighted by molar-refractivity contribution is 9.10. The van der Waals surface area contributed by atoms with Crippen LogP contribution in [0.1, 0.15) is 5.56 Å². The van der Waals surface area contributed by atoms with E-state index < -0.39 is 0 Å². The van der Waals surface area contributed by atoms with Gasteiger partial charge in [-0.15, -0.1) is 10.2 Å². The molecule has 0 atom stereocenters. The Morgan fingerprint density at radius 2 is 2.10 bits per heavy atom. The van der Waals surface area contributed by atoms with Gasteiger partial charge in [0.05, 0.1) is 0 Å². The van der Waals surface area contributed by atoms with Crippen molar-refractivity contribution in [2.45, 2.75) is 6.54 Å². The van der Waals surface area contributed by atoms with E-state index >= 15 is 0 Å². The van der Waals surface area contributed by atoms with Crippen LogP contribution in [0.4, 0.5) is 5.69 Å². The number of benzene rings is 1. The molecule has 0 amide bonds. The molecule has 1 aromatic carbocycles. The Balaban J connectivity index is 1.85. The summed E-state index contributed by atoms with van der Waals surface area (Å²) in [4.78, 5) is 4.17. The Hall–Kier alpha value is -2.21. The van der Waals surface area contributed by atoms with Crippen molar-refractivity contribution >= 4 is 21.6 Å². The molecular weight excluding hydrogens is 330 g/mol. The van der Waals surface area contributed by atoms with Gasteiger partial charge in [0.1, 0.15) is 6.33 Å². The fourth-order valence-corrected chi connectivity index (χ4v) is 2.52. The molecule has 5 nitrogen and oxygen atoms in total. The Labute approximate surface area is 131 Å². The number of aryl methyl sites for hydroxylation is 1. The zero-order valence-corrected chi connectivity index (χ0v) is 13.1. The van der Waals surface area contributed by atoms with Crippen LogP contribution in [-0.4, -0.2) is 19.7 Å². The van der Waals surface area contributed by atoms with Crippen LogP contribution in [0.25, 0.3) is 11.4 Å². The van der Waals surface area contributed by atoms with Crippen molar-refractivity contribution in [1.82, 2.24) is 19.7 Å². The second-order valence-electron chi connectivity index (χ2n) is 4.68. The van der Waals surface area contributed by atoms with Crippen LogP contribution in [0.15, 0.2) is 53.5 Å². The summed E-state index contributed by atoms with van der Waals surface area (Å²) in [6.07, 6.45) is 5.32. The van der Waals surface area contributed by atoms with Gasteiger partial charge < -0.3 is 9.88 Å². The number of halogens is 1. The SMILES string of the molecule is Cn1cnnc1-c1ccccc1NCc1cncc(Br)c1. The van der Waals surface area contributed by atoms with Crippen molar-refractivity contribution in [3.63, 3.8) is 0 Å². The van der Waals surface area contributed by atoms with Gasteiger partial charge in [-0.25, -0.2) is 0 Å². The number of rotatable bonds is 4. The number of nitrogens with one attached hydrogen (secondary N) is 1. The average molecular weight is 344 g/mol. The first kappa shape index (κ1) is 13.8. The zero-order chi connectivity index (χ0) is 14.7. The molecule has 0 bridgehead atoms. The van der Waals surface area contributed by atoms with Crippen molar-refractivity contribution in [2.75, 3.05) is 5.32 Å². The van der Waals surface area contributed by atoms with Gasteiger partial charge >= 0.3 is 0 Å². The van der Waals surface area contributed by atoms with Crippen LogP contribution >= 0.6 is 15.9 Å². The molecule has 0 saturated heterocycles. The molecular formula is C15H14BrN5. The van der Waals surface area contributed by atoms with E-state index in [-0.39, 0.29) is 0 Å². The summed E-state index contributed by atoms with van der Waals surface area (Å²) in [6, 6.07) is 10.1. The highest BCUT2D eigenvalue weighted by Crippen LogP contribution is 2.26. The fraction of sp³-hybridized carbons (Fsp3) is 0.133. The molecule has 0 aliphatic carbocycles. The van der Waals surface area contributed by atoms with Crippen LogP contribution in [0.5, 0.6) is 0 Å². The van der Waals surface area contributed by atoms with Crippen LogP contribution in [0.2, 0.25) is 0 Å². The van der Waals surface area contributed by atoms with Crippen LogP contribution < -0.4 is 5.32 Å². The number of aromatic nitrogens is 4. The molecule has 2 aromatic heterocycles. The number of para-hydroxylation sites is 1. The number of hydrogen-bond donors (Lipinski definition) is 1. The van der Waals surface area contributed by atoms with Crippen LogP contribution in [0.3, 0.4) is 0 Å². The molecule has 3 aromatic rings. The maximum atomic E-state index is 4.17. The maximum Gasteiger partial charge on any atom is 0.165 e. The van der Waals surface area contributed by atoms with E-state index in [2.05, 4.69) is 36.4 Å². The third kappa shape index (κ3) is 3.11. The largest absolute Gasteiger partial charge is 0.380 e. The second kappa shape index (κ2) is 6.05. The normalized spacial score (nSPS) is 10.6. The monoisotopic (exact) mass is 343 g/mol. The van der Waals surface area contributed by atoms with Gasteiger partial charge in [0, 0.05) is 41.7 Å². The number of nitrogens with zero attached hydrogens (tertiary/aromatic N) is 4. The summed E-state index contributed by atoms with van der Waals surface area (Å²) in [6.45, 7) is 0.696. The van der Waals surface area contributed by atoms with Gasteiger partial charge in [0.15, 0.2) is 5.82 Å². The second-order valence-corrected chi connectivity index (χ2v) is 5.59. The lowest BCUT2D eigenvalue weighted by atomic mass is 10.1. The lowest BCUT2D eigenvalue weighted by molar-refractivity contribution is 0.919. The van der Waals surface area contributed by atoms with Crippen molar-refractivity contribution in [3.05, 3.63) is 59.1 Å². The smallest absolute Gasteiger partial charge is 0.165 e. The summed E-state index contributed by atoms with van der Waals surface area (Å²) in [7, 11) is 1.93. The fourth-order valence-electron chi connectivity index (χ4n) is 2.11. The van der Waals surface area contributed by atoms with Gasteiger partial charge in [0.2, 0.25) is 0 Å². The molecule has 0 aliphatic rings. The number of anilines is 1. The van der Waals surface area contributed by atoms with E-state index in [0.29, 0.717) is 6.54 Å². The van der Waals surface area contributed by atoms with E-state index in [1.807, 2.05) is 48.1 Å². The average Bonchev–Trinajstić information content (AvgIpc) is 2.91. The Kier molecular flexibility index (Phi) is 3.96. The van der Waals surface area contributed by atoms with E-state index in [4.69, 9.17) is 0 Å². The standard InChI is InChI=1S/C15H14BrN5/c1-21-10-19-20-15(21)13-4-2-3-5-14(13)18-8-11-6-12(16)9-17-7-11/h2-7,9-10,18H,8H2,1H3. The first-order valence-corrected chi connectivity index (χ1v) is 7.30. The lowest BCUT2D eigenvalue weighted by Crippen LogP contribution is -2.03. The molecule has 0 saturated carbocycles. The highest BCUT2D eigenvalue weighted by atomic mass is 79.9. The minimum Gasteiger partial charge on any atom is -0.380 e. The zero-order valence-electron chi connectivity index (χ0n) is 11.5. The highest BCUT2D eigenvalue weighted by Gasteiger charge is 2.09. The van der Waals surface area contributed by atoms with E-state index in [9.17, 15) is 0 Å².